The lowest BCUT2D eigenvalue weighted by molar-refractivity contribution is -0.133. The first-order valence-corrected chi connectivity index (χ1v) is 9.09. The summed E-state index contributed by atoms with van der Waals surface area (Å²) in [5, 5.41) is 6.47. The molecule has 1 atom stereocenters. The van der Waals surface area contributed by atoms with Gasteiger partial charge in [-0.2, -0.15) is 0 Å². The fourth-order valence-corrected chi connectivity index (χ4v) is 4.00. The van der Waals surface area contributed by atoms with E-state index in [2.05, 4.69) is 10.6 Å². The summed E-state index contributed by atoms with van der Waals surface area (Å²) in [6.07, 6.45) is 7.03. The van der Waals surface area contributed by atoms with Crippen LogP contribution in [0.25, 0.3) is 0 Å². The van der Waals surface area contributed by atoms with Crippen molar-refractivity contribution in [3.05, 3.63) is 0 Å². The standard InChI is InChI=1S/C17H29N3O3/c21-15(4-3-11-20-10-2-1-5-16(20)22)19-14-12-17(23-13-14)6-8-18-9-7-17/h14,18H,1-13H2,(H,19,21). The van der Waals surface area contributed by atoms with E-state index in [0.29, 0.717) is 26.0 Å². The molecule has 2 amide bonds. The second kappa shape index (κ2) is 7.62. The van der Waals surface area contributed by atoms with Gasteiger partial charge in [-0.05, 0) is 51.6 Å². The van der Waals surface area contributed by atoms with Crippen LogP contribution in [0.1, 0.15) is 51.4 Å². The highest BCUT2D eigenvalue weighted by Crippen LogP contribution is 2.33. The van der Waals surface area contributed by atoms with Crippen LogP contribution in [0, 0.1) is 0 Å². The lowest BCUT2D eigenvalue weighted by Crippen LogP contribution is -2.43. The Morgan fingerprint density at radius 2 is 2.17 bits per heavy atom. The SMILES string of the molecule is O=C(CCCN1CCCCC1=O)NC1COC2(CCNCC2)C1. The Kier molecular flexibility index (Phi) is 5.54. The number of rotatable bonds is 5. The van der Waals surface area contributed by atoms with Crippen LogP contribution in [0.4, 0.5) is 0 Å². The normalized spacial score (nSPS) is 27.4. The van der Waals surface area contributed by atoms with Gasteiger partial charge >= 0.3 is 0 Å². The monoisotopic (exact) mass is 323 g/mol. The molecule has 130 valence electrons. The number of carbonyl (C=O) groups excluding carboxylic acids is 2. The topological polar surface area (TPSA) is 70.7 Å². The molecule has 3 rings (SSSR count). The largest absolute Gasteiger partial charge is 0.373 e. The molecule has 1 spiro atoms. The highest BCUT2D eigenvalue weighted by atomic mass is 16.5. The second-order valence-electron chi connectivity index (χ2n) is 7.15. The Morgan fingerprint density at radius 3 is 2.96 bits per heavy atom. The van der Waals surface area contributed by atoms with Crippen LogP contribution in [-0.4, -0.2) is 61.1 Å². The fourth-order valence-electron chi connectivity index (χ4n) is 4.00. The number of piperidine rings is 2. The first-order chi connectivity index (χ1) is 11.2. The summed E-state index contributed by atoms with van der Waals surface area (Å²) in [5.41, 5.74) is -0.0105. The molecule has 1 unspecified atom stereocenters. The van der Waals surface area contributed by atoms with Gasteiger partial charge in [0.2, 0.25) is 11.8 Å². The zero-order valence-electron chi connectivity index (χ0n) is 13.9. The summed E-state index contributed by atoms with van der Waals surface area (Å²) in [4.78, 5) is 25.7. The summed E-state index contributed by atoms with van der Waals surface area (Å²) in [5.74, 6) is 0.336. The number of carbonyl (C=O) groups is 2. The van der Waals surface area contributed by atoms with Crippen LogP contribution in [0.2, 0.25) is 0 Å². The van der Waals surface area contributed by atoms with Crippen molar-refractivity contribution in [1.29, 1.82) is 0 Å². The molecular formula is C17H29N3O3. The molecule has 0 aliphatic carbocycles. The molecular weight excluding hydrogens is 294 g/mol. The molecule has 0 saturated carbocycles. The zero-order valence-corrected chi connectivity index (χ0v) is 13.9. The van der Waals surface area contributed by atoms with E-state index in [1.54, 1.807) is 0 Å². The molecule has 0 aromatic carbocycles. The molecule has 6 heteroatoms. The molecule has 3 saturated heterocycles. The maximum absolute atomic E-state index is 12.1. The predicted molar refractivity (Wildman–Crippen MR) is 87.0 cm³/mol. The predicted octanol–water partition coefficient (Wildman–Crippen LogP) is 0.806. The molecule has 3 fully saturated rings. The summed E-state index contributed by atoms with van der Waals surface area (Å²) in [6.45, 7) is 4.21. The second-order valence-corrected chi connectivity index (χ2v) is 7.15. The van der Waals surface area contributed by atoms with Gasteiger partial charge in [-0.25, -0.2) is 0 Å². The molecule has 0 radical (unpaired) electrons. The fraction of sp³-hybridized carbons (Fsp3) is 0.882. The van der Waals surface area contributed by atoms with Crippen molar-refractivity contribution in [3.63, 3.8) is 0 Å². The lowest BCUT2D eigenvalue weighted by atomic mass is 9.88. The summed E-state index contributed by atoms with van der Waals surface area (Å²) in [7, 11) is 0. The number of amides is 2. The third kappa shape index (κ3) is 4.44. The van der Waals surface area contributed by atoms with Crippen molar-refractivity contribution in [2.45, 2.75) is 63.0 Å². The number of ether oxygens (including phenoxy) is 1. The number of hydrogen-bond donors (Lipinski definition) is 2. The quantitative estimate of drug-likeness (QED) is 0.785. The zero-order chi connectivity index (χ0) is 16.1. The number of likely N-dealkylation sites (tertiary alicyclic amines) is 1. The average molecular weight is 323 g/mol. The molecule has 23 heavy (non-hydrogen) atoms. The minimum Gasteiger partial charge on any atom is -0.373 e. The van der Waals surface area contributed by atoms with Crippen LogP contribution in [0.3, 0.4) is 0 Å². The number of hydrogen-bond acceptors (Lipinski definition) is 4. The van der Waals surface area contributed by atoms with Gasteiger partial charge in [0.1, 0.15) is 0 Å². The summed E-state index contributed by atoms with van der Waals surface area (Å²) >= 11 is 0. The van der Waals surface area contributed by atoms with E-state index in [1.807, 2.05) is 4.90 Å². The summed E-state index contributed by atoms with van der Waals surface area (Å²) in [6, 6.07) is 0.150. The molecule has 3 heterocycles. The Balaban J connectivity index is 1.34. The van der Waals surface area contributed by atoms with Crippen LogP contribution in [-0.2, 0) is 14.3 Å². The van der Waals surface area contributed by atoms with Crippen molar-refractivity contribution in [1.82, 2.24) is 15.5 Å². The molecule has 3 aliphatic heterocycles. The smallest absolute Gasteiger partial charge is 0.222 e. The van der Waals surface area contributed by atoms with Gasteiger partial charge in [-0.1, -0.05) is 0 Å². The lowest BCUT2D eigenvalue weighted by Gasteiger charge is -2.32. The summed E-state index contributed by atoms with van der Waals surface area (Å²) < 4.78 is 6.00. The maximum atomic E-state index is 12.1. The van der Waals surface area contributed by atoms with Gasteiger partial charge in [0.05, 0.1) is 18.2 Å². The van der Waals surface area contributed by atoms with E-state index < -0.39 is 0 Å². The van der Waals surface area contributed by atoms with Crippen molar-refractivity contribution in [2.75, 3.05) is 32.8 Å². The molecule has 0 aromatic rings. The van der Waals surface area contributed by atoms with Crippen LogP contribution in [0.15, 0.2) is 0 Å². The van der Waals surface area contributed by atoms with Crippen molar-refractivity contribution in [2.24, 2.45) is 0 Å². The third-order valence-electron chi connectivity index (χ3n) is 5.34. The van der Waals surface area contributed by atoms with Gasteiger partial charge in [0.15, 0.2) is 0 Å². The molecule has 3 aliphatic rings. The van der Waals surface area contributed by atoms with Crippen LogP contribution in [0.5, 0.6) is 0 Å². The van der Waals surface area contributed by atoms with E-state index in [1.165, 1.54) is 0 Å². The van der Waals surface area contributed by atoms with Crippen molar-refractivity contribution >= 4 is 11.8 Å². The number of nitrogens with zero attached hydrogens (tertiary/aromatic N) is 1. The van der Waals surface area contributed by atoms with Crippen molar-refractivity contribution in [3.8, 4) is 0 Å². The van der Waals surface area contributed by atoms with Gasteiger partial charge in [0.25, 0.3) is 0 Å². The van der Waals surface area contributed by atoms with E-state index in [9.17, 15) is 9.59 Å². The van der Waals surface area contributed by atoms with E-state index >= 15 is 0 Å². The average Bonchev–Trinajstić information content (AvgIpc) is 2.92. The van der Waals surface area contributed by atoms with Gasteiger partial charge < -0.3 is 20.3 Å². The maximum Gasteiger partial charge on any atom is 0.222 e. The minimum atomic E-state index is -0.0105. The first-order valence-electron chi connectivity index (χ1n) is 9.09. The van der Waals surface area contributed by atoms with Gasteiger partial charge in [-0.15, -0.1) is 0 Å². The van der Waals surface area contributed by atoms with Crippen LogP contribution >= 0.6 is 0 Å². The molecule has 2 N–H and O–H groups in total. The first kappa shape index (κ1) is 16.7. The Bertz CT molecular complexity index is 435. The number of nitrogens with one attached hydrogen (secondary N) is 2. The van der Waals surface area contributed by atoms with E-state index in [-0.39, 0.29) is 23.5 Å². The highest BCUT2D eigenvalue weighted by Gasteiger charge is 2.41. The molecule has 6 nitrogen and oxygen atoms in total. The van der Waals surface area contributed by atoms with Gasteiger partial charge in [-0.3, -0.25) is 9.59 Å². The Labute approximate surface area is 138 Å². The van der Waals surface area contributed by atoms with E-state index in [4.69, 9.17) is 4.74 Å². The van der Waals surface area contributed by atoms with E-state index in [0.717, 1.165) is 58.2 Å². The van der Waals surface area contributed by atoms with Crippen LogP contribution < -0.4 is 10.6 Å². The molecule has 0 aromatic heterocycles. The molecule has 0 bridgehead atoms. The van der Waals surface area contributed by atoms with Crippen molar-refractivity contribution < 1.29 is 14.3 Å². The highest BCUT2D eigenvalue weighted by molar-refractivity contribution is 5.77. The third-order valence-corrected chi connectivity index (χ3v) is 5.34. The minimum absolute atomic E-state index is 0.0105. The van der Waals surface area contributed by atoms with Gasteiger partial charge in [0, 0.05) is 25.9 Å². The Morgan fingerprint density at radius 1 is 1.35 bits per heavy atom. The Hall–Kier alpha value is -1.14.